The number of rotatable bonds is 4. The number of nitrogens with one attached hydrogen (secondary N) is 3. The summed E-state index contributed by atoms with van der Waals surface area (Å²) in [4.78, 5) is 28.8. The highest BCUT2D eigenvalue weighted by molar-refractivity contribution is 7.22. The predicted octanol–water partition coefficient (Wildman–Crippen LogP) is 3.52. The van der Waals surface area contributed by atoms with Crippen molar-refractivity contribution in [3.05, 3.63) is 71.8 Å². The zero-order chi connectivity index (χ0) is 17.9. The zero-order valence-electron chi connectivity index (χ0n) is 13.4. The fraction of sp³-hybridized carbons (Fsp3) is 0. The zero-order valence-corrected chi connectivity index (χ0v) is 14.2. The minimum Gasteiger partial charge on any atom is -0.304 e. The van der Waals surface area contributed by atoms with E-state index < -0.39 is 0 Å². The Bertz CT molecular complexity index is 1070. The molecule has 2 amide bonds. The van der Waals surface area contributed by atoms with Crippen molar-refractivity contribution < 1.29 is 9.59 Å². The third-order valence-electron chi connectivity index (χ3n) is 3.64. The topological polar surface area (TPSA) is 99.8 Å². The van der Waals surface area contributed by atoms with Crippen LogP contribution in [-0.2, 0) is 0 Å². The van der Waals surface area contributed by atoms with Gasteiger partial charge in [-0.1, -0.05) is 47.7 Å². The molecular formula is C18H13N5O2S. The molecule has 4 rings (SSSR count). The third-order valence-corrected chi connectivity index (χ3v) is 4.62. The molecule has 2 aromatic heterocycles. The van der Waals surface area contributed by atoms with Gasteiger partial charge in [0.2, 0.25) is 0 Å². The van der Waals surface area contributed by atoms with Crippen molar-refractivity contribution >= 4 is 44.4 Å². The molecule has 0 aliphatic heterocycles. The molecule has 0 spiro atoms. The van der Waals surface area contributed by atoms with Gasteiger partial charge in [0.05, 0.1) is 0 Å². The van der Waals surface area contributed by atoms with E-state index in [-0.39, 0.29) is 11.8 Å². The second kappa shape index (κ2) is 6.77. The van der Waals surface area contributed by atoms with Crippen LogP contribution in [0.15, 0.2) is 60.7 Å². The number of fused-ring (bicyclic) bond motifs is 1. The number of hydrogen-bond acceptors (Lipinski definition) is 5. The number of hydrogen-bond donors (Lipinski definition) is 3. The van der Waals surface area contributed by atoms with E-state index in [2.05, 4.69) is 25.8 Å². The quantitative estimate of drug-likeness (QED) is 0.516. The minimum atomic E-state index is -0.262. The predicted molar refractivity (Wildman–Crippen MR) is 101 cm³/mol. The highest BCUT2D eigenvalue weighted by Crippen LogP contribution is 2.30. The maximum Gasteiger partial charge on any atom is 0.257 e. The molecule has 2 heterocycles. The monoisotopic (exact) mass is 363 g/mol. The standard InChI is InChI=1S/C18H13N5O2S/c24-16(11-7-3-1-4-8-11)19-14-13-15(23-22-14)20-18(26-13)21-17(25)12-9-5-2-6-10-12/h1-10H,(H3,19,20,21,22,23,24,25). The van der Waals surface area contributed by atoms with Crippen molar-refractivity contribution in [2.75, 3.05) is 10.6 Å². The molecule has 2 aromatic carbocycles. The Morgan fingerprint density at radius 2 is 1.42 bits per heavy atom. The molecule has 3 N–H and O–H groups in total. The molecule has 0 radical (unpaired) electrons. The number of carbonyl (C=O) groups is 2. The smallest absolute Gasteiger partial charge is 0.257 e. The van der Waals surface area contributed by atoms with Gasteiger partial charge in [0, 0.05) is 11.1 Å². The van der Waals surface area contributed by atoms with E-state index in [9.17, 15) is 9.59 Å². The Balaban J connectivity index is 1.54. The van der Waals surface area contributed by atoms with E-state index in [0.29, 0.717) is 32.4 Å². The van der Waals surface area contributed by atoms with Gasteiger partial charge in [-0.25, -0.2) is 4.98 Å². The van der Waals surface area contributed by atoms with Gasteiger partial charge in [0.25, 0.3) is 11.8 Å². The molecule has 4 aromatic rings. The summed E-state index contributed by atoms with van der Waals surface area (Å²) in [6, 6.07) is 17.7. The molecule has 7 nitrogen and oxygen atoms in total. The van der Waals surface area contributed by atoms with Gasteiger partial charge in [-0.3, -0.25) is 20.0 Å². The third kappa shape index (κ3) is 3.17. The highest BCUT2D eigenvalue weighted by atomic mass is 32.1. The van der Waals surface area contributed by atoms with Gasteiger partial charge >= 0.3 is 0 Å². The van der Waals surface area contributed by atoms with Gasteiger partial charge in [0.1, 0.15) is 4.70 Å². The van der Waals surface area contributed by atoms with Crippen molar-refractivity contribution in [2.45, 2.75) is 0 Å². The van der Waals surface area contributed by atoms with Crippen LogP contribution in [0, 0.1) is 0 Å². The first kappa shape index (κ1) is 16.0. The lowest BCUT2D eigenvalue weighted by atomic mass is 10.2. The lowest BCUT2D eigenvalue weighted by molar-refractivity contribution is 0.101. The SMILES string of the molecule is O=C(Nc1nc2[nH]nc(NC(=O)c3ccccc3)c2s1)c1ccccc1. The number of amides is 2. The van der Waals surface area contributed by atoms with Crippen LogP contribution in [0.5, 0.6) is 0 Å². The number of anilines is 2. The molecule has 0 bridgehead atoms. The van der Waals surface area contributed by atoms with Gasteiger partial charge in [-0.05, 0) is 24.3 Å². The summed E-state index contributed by atoms with van der Waals surface area (Å²) in [7, 11) is 0. The highest BCUT2D eigenvalue weighted by Gasteiger charge is 2.16. The van der Waals surface area contributed by atoms with E-state index in [4.69, 9.17) is 0 Å². The fourth-order valence-electron chi connectivity index (χ4n) is 2.38. The number of nitrogens with zero attached hydrogens (tertiary/aromatic N) is 2. The fourth-order valence-corrected chi connectivity index (χ4v) is 3.24. The van der Waals surface area contributed by atoms with E-state index in [1.165, 1.54) is 11.3 Å². The van der Waals surface area contributed by atoms with Crippen molar-refractivity contribution in [2.24, 2.45) is 0 Å². The van der Waals surface area contributed by atoms with Gasteiger partial charge < -0.3 is 5.32 Å². The summed E-state index contributed by atoms with van der Waals surface area (Å²) in [6.07, 6.45) is 0. The van der Waals surface area contributed by atoms with Gasteiger partial charge in [0.15, 0.2) is 16.6 Å². The lowest BCUT2D eigenvalue weighted by Gasteiger charge is -2.01. The number of aromatic nitrogens is 3. The first-order chi connectivity index (χ1) is 12.7. The molecule has 26 heavy (non-hydrogen) atoms. The second-order valence-corrected chi connectivity index (χ2v) is 6.41. The van der Waals surface area contributed by atoms with E-state index in [0.717, 1.165) is 0 Å². The Morgan fingerprint density at radius 3 is 2.04 bits per heavy atom. The Labute approximate surface area is 152 Å². The molecule has 128 valence electrons. The number of carbonyl (C=O) groups excluding carboxylic acids is 2. The first-order valence-corrected chi connectivity index (χ1v) is 8.60. The summed E-state index contributed by atoms with van der Waals surface area (Å²) in [5.74, 6) is -0.126. The van der Waals surface area contributed by atoms with E-state index >= 15 is 0 Å². The molecule has 0 atom stereocenters. The summed E-state index contributed by atoms with van der Waals surface area (Å²) in [5, 5.41) is 12.8. The van der Waals surface area contributed by atoms with Crippen LogP contribution in [0.3, 0.4) is 0 Å². The van der Waals surface area contributed by atoms with Crippen LogP contribution in [-0.4, -0.2) is 27.0 Å². The summed E-state index contributed by atoms with van der Waals surface area (Å²) in [5.41, 5.74) is 1.58. The second-order valence-electron chi connectivity index (χ2n) is 5.41. The van der Waals surface area contributed by atoms with Crippen LogP contribution in [0.2, 0.25) is 0 Å². The Kier molecular flexibility index (Phi) is 4.16. The van der Waals surface area contributed by atoms with Crippen LogP contribution in [0.25, 0.3) is 10.3 Å². The molecule has 0 unspecified atom stereocenters. The lowest BCUT2D eigenvalue weighted by Crippen LogP contribution is -2.12. The number of benzene rings is 2. The van der Waals surface area contributed by atoms with Crippen molar-refractivity contribution in [1.82, 2.24) is 15.2 Å². The van der Waals surface area contributed by atoms with E-state index in [1.54, 1.807) is 48.5 Å². The molecule has 0 fully saturated rings. The number of thiazole rings is 1. The van der Waals surface area contributed by atoms with Crippen molar-refractivity contribution in [3.8, 4) is 0 Å². The van der Waals surface area contributed by atoms with Crippen LogP contribution >= 0.6 is 11.3 Å². The van der Waals surface area contributed by atoms with Crippen molar-refractivity contribution in [3.63, 3.8) is 0 Å². The molecular weight excluding hydrogens is 350 g/mol. The maximum absolute atomic E-state index is 12.3. The first-order valence-electron chi connectivity index (χ1n) is 7.78. The average Bonchev–Trinajstić information content (AvgIpc) is 3.24. The molecule has 0 aliphatic carbocycles. The van der Waals surface area contributed by atoms with E-state index in [1.807, 2.05) is 12.1 Å². The average molecular weight is 363 g/mol. The molecule has 8 heteroatoms. The minimum absolute atomic E-state index is 0.246. The summed E-state index contributed by atoms with van der Waals surface area (Å²) in [6.45, 7) is 0. The summed E-state index contributed by atoms with van der Waals surface area (Å²) >= 11 is 1.24. The Hall–Kier alpha value is -3.52. The maximum atomic E-state index is 12.3. The van der Waals surface area contributed by atoms with Crippen molar-refractivity contribution in [1.29, 1.82) is 0 Å². The molecule has 0 saturated carbocycles. The van der Waals surface area contributed by atoms with Crippen LogP contribution < -0.4 is 10.6 Å². The normalized spacial score (nSPS) is 10.6. The molecule has 0 aliphatic rings. The largest absolute Gasteiger partial charge is 0.304 e. The number of H-pyrrole nitrogens is 1. The van der Waals surface area contributed by atoms with Crippen LogP contribution in [0.4, 0.5) is 10.9 Å². The molecule has 0 saturated heterocycles. The van der Waals surface area contributed by atoms with Gasteiger partial charge in [-0.15, -0.1) is 0 Å². The summed E-state index contributed by atoms with van der Waals surface area (Å²) < 4.78 is 0.664. The Morgan fingerprint density at radius 1 is 0.846 bits per heavy atom. The van der Waals surface area contributed by atoms with Gasteiger partial charge in [-0.2, -0.15) is 5.10 Å². The van der Waals surface area contributed by atoms with Crippen LogP contribution in [0.1, 0.15) is 20.7 Å². The number of aromatic amines is 1.